The van der Waals surface area contributed by atoms with E-state index >= 15 is 0 Å². The third-order valence-electron chi connectivity index (χ3n) is 3.44. The maximum absolute atomic E-state index is 13.0. The Kier molecular flexibility index (Phi) is 5.19. The largest absolute Gasteiger partial charge is 0.416 e. The third kappa shape index (κ3) is 4.48. The maximum atomic E-state index is 13.0. The van der Waals surface area contributed by atoms with Crippen LogP contribution in [0.4, 0.5) is 23.2 Å². The molecule has 0 spiro atoms. The minimum absolute atomic E-state index is 0.0780. The number of thiazole rings is 1. The molecule has 0 aliphatic heterocycles. The second-order valence-corrected chi connectivity index (χ2v) is 6.17. The minimum Gasteiger partial charge on any atom is -0.277 e. The molecule has 3 aromatic rings. The molecule has 2 aromatic carbocycles. The Bertz CT molecular complexity index is 1020. The molecule has 0 aliphatic rings. The van der Waals surface area contributed by atoms with Gasteiger partial charge in [-0.3, -0.25) is 5.43 Å². The predicted octanol–water partition coefficient (Wildman–Crippen LogP) is 5.31. The lowest BCUT2D eigenvalue weighted by atomic mass is 10.2. The van der Waals surface area contributed by atoms with Gasteiger partial charge in [0.25, 0.3) is 0 Å². The molecule has 3 rings (SSSR count). The summed E-state index contributed by atoms with van der Waals surface area (Å²) in [6.45, 7) is 0. The van der Waals surface area contributed by atoms with E-state index in [1.165, 1.54) is 24.3 Å². The Morgan fingerprint density at radius 1 is 1.15 bits per heavy atom. The van der Waals surface area contributed by atoms with Gasteiger partial charge in [-0.15, -0.1) is 11.3 Å². The number of rotatable bonds is 4. The summed E-state index contributed by atoms with van der Waals surface area (Å²) in [5, 5.41) is 15.1. The van der Waals surface area contributed by atoms with Gasteiger partial charge in [0.15, 0.2) is 10.7 Å². The molecule has 136 valence electrons. The summed E-state index contributed by atoms with van der Waals surface area (Å²) >= 11 is 1.15. The molecule has 0 atom stereocenters. The summed E-state index contributed by atoms with van der Waals surface area (Å²) in [6.07, 6.45) is -4.47. The zero-order chi connectivity index (χ0) is 19.4. The highest BCUT2D eigenvalue weighted by Gasteiger charge is 2.30. The quantitative estimate of drug-likeness (QED) is 0.373. The van der Waals surface area contributed by atoms with Gasteiger partial charge in [-0.1, -0.05) is 6.07 Å². The van der Waals surface area contributed by atoms with Gasteiger partial charge in [-0.2, -0.15) is 23.5 Å². The van der Waals surface area contributed by atoms with Crippen LogP contribution in [0.25, 0.3) is 11.3 Å². The van der Waals surface area contributed by atoms with Crippen LogP contribution in [0.15, 0.2) is 59.0 Å². The topological polar surface area (TPSA) is 61.1 Å². The highest BCUT2D eigenvalue weighted by atomic mass is 32.1. The first kappa shape index (κ1) is 18.5. The smallest absolute Gasteiger partial charge is 0.277 e. The van der Waals surface area contributed by atoms with E-state index in [-0.39, 0.29) is 22.2 Å². The molecule has 0 bridgehead atoms. The summed E-state index contributed by atoms with van der Waals surface area (Å²) in [4.78, 5) is 4.27. The van der Waals surface area contributed by atoms with Crippen molar-refractivity contribution in [3.8, 4) is 17.3 Å². The summed E-state index contributed by atoms with van der Waals surface area (Å²) in [5.74, 6) is -0.376. The molecule has 1 aromatic heterocycles. The average Bonchev–Trinajstić information content (AvgIpc) is 3.12. The first-order valence-corrected chi connectivity index (χ1v) is 8.37. The molecule has 0 radical (unpaired) electrons. The van der Waals surface area contributed by atoms with Crippen molar-refractivity contribution in [2.75, 3.05) is 5.43 Å². The van der Waals surface area contributed by atoms with Crippen LogP contribution < -0.4 is 5.43 Å². The van der Waals surface area contributed by atoms with Gasteiger partial charge in [0.1, 0.15) is 11.9 Å². The van der Waals surface area contributed by atoms with Crippen molar-refractivity contribution in [1.29, 1.82) is 5.26 Å². The van der Waals surface area contributed by atoms with Gasteiger partial charge in [0.05, 0.1) is 16.9 Å². The third-order valence-corrected chi connectivity index (χ3v) is 4.29. The number of halogens is 4. The molecule has 0 aliphatic carbocycles. The van der Waals surface area contributed by atoms with Gasteiger partial charge < -0.3 is 0 Å². The first-order chi connectivity index (χ1) is 12.9. The van der Waals surface area contributed by atoms with Gasteiger partial charge in [-0.05, 0) is 42.5 Å². The van der Waals surface area contributed by atoms with Gasteiger partial charge in [0.2, 0.25) is 0 Å². The van der Waals surface area contributed by atoms with Crippen LogP contribution in [-0.4, -0.2) is 10.7 Å². The summed E-state index contributed by atoms with van der Waals surface area (Å²) in [6, 6.07) is 12.0. The maximum Gasteiger partial charge on any atom is 0.416 e. The number of hydrogen-bond acceptors (Lipinski definition) is 5. The van der Waals surface area contributed by atoms with Crippen molar-refractivity contribution in [1.82, 2.24) is 4.98 Å². The molecular weight excluding hydrogens is 380 g/mol. The van der Waals surface area contributed by atoms with Gasteiger partial charge in [-0.25, -0.2) is 9.37 Å². The molecular formula is C18H10F4N4S. The fraction of sp³-hybridized carbons (Fsp3) is 0.0556. The molecule has 0 fully saturated rings. The SMILES string of the molecule is N#CC(=NNc1cccc(C(F)(F)F)c1)c1nc(-c2ccc(F)cc2)cs1. The molecule has 0 unspecified atom stereocenters. The van der Waals surface area contributed by atoms with Crippen LogP contribution in [0, 0.1) is 17.1 Å². The Labute approximate surface area is 155 Å². The van der Waals surface area contributed by atoms with E-state index in [2.05, 4.69) is 15.5 Å². The fourth-order valence-electron chi connectivity index (χ4n) is 2.14. The van der Waals surface area contributed by atoms with E-state index < -0.39 is 11.7 Å². The number of nitrogens with zero attached hydrogens (tertiary/aromatic N) is 3. The second-order valence-electron chi connectivity index (χ2n) is 5.31. The monoisotopic (exact) mass is 390 g/mol. The summed E-state index contributed by atoms with van der Waals surface area (Å²) in [5.41, 5.74) is 2.84. The average molecular weight is 390 g/mol. The van der Waals surface area contributed by atoms with Crippen molar-refractivity contribution >= 4 is 22.7 Å². The molecule has 9 heteroatoms. The van der Waals surface area contributed by atoms with E-state index in [1.807, 2.05) is 6.07 Å². The number of benzene rings is 2. The van der Waals surface area contributed by atoms with E-state index in [4.69, 9.17) is 0 Å². The van der Waals surface area contributed by atoms with Crippen molar-refractivity contribution in [3.05, 3.63) is 70.3 Å². The second kappa shape index (κ2) is 7.55. The minimum atomic E-state index is -4.47. The van der Waals surface area contributed by atoms with E-state index in [1.54, 1.807) is 17.5 Å². The van der Waals surface area contributed by atoms with Crippen LogP contribution in [0.2, 0.25) is 0 Å². The van der Waals surface area contributed by atoms with E-state index in [0.717, 1.165) is 23.5 Å². The van der Waals surface area contributed by atoms with Crippen molar-refractivity contribution in [2.24, 2.45) is 5.10 Å². The first-order valence-electron chi connectivity index (χ1n) is 7.50. The zero-order valence-electron chi connectivity index (χ0n) is 13.5. The number of nitriles is 1. The Morgan fingerprint density at radius 2 is 1.89 bits per heavy atom. The van der Waals surface area contributed by atoms with Crippen LogP contribution in [0.5, 0.6) is 0 Å². The lowest BCUT2D eigenvalue weighted by molar-refractivity contribution is -0.137. The molecule has 27 heavy (non-hydrogen) atoms. The molecule has 0 amide bonds. The Hall–Kier alpha value is -3.25. The Morgan fingerprint density at radius 3 is 2.56 bits per heavy atom. The number of alkyl halides is 3. The number of anilines is 1. The molecule has 1 N–H and O–H groups in total. The van der Waals surface area contributed by atoms with Crippen molar-refractivity contribution < 1.29 is 17.6 Å². The standard InChI is InChI=1S/C18H10F4N4S/c19-13-6-4-11(5-7-13)16-10-27-17(24-16)15(9-23)26-25-14-3-1-2-12(8-14)18(20,21)22/h1-8,10,25H. The van der Waals surface area contributed by atoms with E-state index in [0.29, 0.717) is 11.3 Å². The predicted molar refractivity (Wildman–Crippen MR) is 94.7 cm³/mol. The number of aromatic nitrogens is 1. The zero-order valence-corrected chi connectivity index (χ0v) is 14.3. The summed E-state index contributed by atoms with van der Waals surface area (Å²) in [7, 11) is 0. The number of hydrogen-bond donors (Lipinski definition) is 1. The van der Waals surface area contributed by atoms with Crippen LogP contribution in [0.1, 0.15) is 10.6 Å². The van der Waals surface area contributed by atoms with Gasteiger partial charge in [0, 0.05) is 10.9 Å². The summed E-state index contributed by atoms with van der Waals surface area (Å²) < 4.78 is 51.2. The number of nitrogens with one attached hydrogen (secondary N) is 1. The van der Waals surface area contributed by atoms with Crippen LogP contribution in [-0.2, 0) is 6.18 Å². The highest BCUT2D eigenvalue weighted by Crippen LogP contribution is 2.30. The lowest BCUT2D eigenvalue weighted by Gasteiger charge is -2.08. The number of hydrazone groups is 1. The Balaban J connectivity index is 1.82. The van der Waals surface area contributed by atoms with Crippen molar-refractivity contribution in [2.45, 2.75) is 6.18 Å². The highest BCUT2D eigenvalue weighted by molar-refractivity contribution is 7.12. The molecule has 0 saturated carbocycles. The molecule has 1 heterocycles. The van der Waals surface area contributed by atoms with Crippen molar-refractivity contribution in [3.63, 3.8) is 0 Å². The fourth-order valence-corrected chi connectivity index (χ4v) is 2.91. The molecule has 4 nitrogen and oxygen atoms in total. The van der Waals surface area contributed by atoms with E-state index in [9.17, 15) is 22.8 Å². The lowest BCUT2D eigenvalue weighted by Crippen LogP contribution is -2.06. The van der Waals surface area contributed by atoms with Gasteiger partial charge >= 0.3 is 6.18 Å². The molecule has 0 saturated heterocycles. The van der Waals surface area contributed by atoms with Crippen LogP contribution in [0.3, 0.4) is 0 Å². The normalized spacial score (nSPS) is 11.9. The van der Waals surface area contributed by atoms with Crippen LogP contribution >= 0.6 is 11.3 Å².